The molecule has 8 aromatic carbocycles. The first kappa shape index (κ1) is 30.4. The SMILES string of the molecule is c1ccc(-c2ccc3oc4ccccc4c3c2C2=NC(c3ccc(-c4ccccc4)c4ccccc34)NC(c3ccc4c(c3)oc3ccccc34)=N2)cc1. The number of fused-ring (bicyclic) bond motifs is 7. The molecular formula is C49H31N3O2. The Morgan fingerprint density at radius 1 is 0.426 bits per heavy atom. The van der Waals surface area contributed by atoms with Crippen molar-refractivity contribution in [1.82, 2.24) is 5.32 Å². The quantitative estimate of drug-likeness (QED) is 0.195. The maximum absolute atomic E-state index is 6.46. The van der Waals surface area contributed by atoms with Crippen molar-refractivity contribution in [3.8, 4) is 22.3 Å². The predicted molar refractivity (Wildman–Crippen MR) is 221 cm³/mol. The smallest absolute Gasteiger partial charge is 0.160 e. The summed E-state index contributed by atoms with van der Waals surface area (Å²) in [6, 6.07) is 61.0. The van der Waals surface area contributed by atoms with Crippen LogP contribution in [0.25, 0.3) is 76.9 Å². The number of nitrogens with zero attached hydrogens (tertiary/aromatic N) is 2. The van der Waals surface area contributed by atoms with E-state index < -0.39 is 6.17 Å². The summed E-state index contributed by atoms with van der Waals surface area (Å²) in [5.74, 6) is 1.35. The lowest BCUT2D eigenvalue weighted by Gasteiger charge is -2.26. The third kappa shape index (κ3) is 4.86. The van der Waals surface area contributed by atoms with Gasteiger partial charge in [-0.3, -0.25) is 0 Å². The second-order valence-electron chi connectivity index (χ2n) is 13.7. The van der Waals surface area contributed by atoms with Crippen molar-refractivity contribution in [2.75, 3.05) is 0 Å². The van der Waals surface area contributed by atoms with Crippen molar-refractivity contribution in [2.45, 2.75) is 6.17 Å². The van der Waals surface area contributed by atoms with Crippen LogP contribution in [0.3, 0.4) is 0 Å². The van der Waals surface area contributed by atoms with E-state index in [1.54, 1.807) is 0 Å². The Labute approximate surface area is 310 Å². The Hall–Kier alpha value is -7.24. The molecule has 2 aromatic heterocycles. The minimum atomic E-state index is -0.453. The third-order valence-corrected chi connectivity index (χ3v) is 10.6. The highest BCUT2D eigenvalue weighted by molar-refractivity contribution is 6.25. The number of aliphatic imine (C=N–C) groups is 2. The van der Waals surface area contributed by atoms with Crippen LogP contribution in [0.4, 0.5) is 0 Å². The normalized spacial score (nSPS) is 14.5. The highest BCUT2D eigenvalue weighted by atomic mass is 16.3. The van der Waals surface area contributed by atoms with Crippen LogP contribution in [0.1, 0.15) is 22.9 Å². The van der Waals surface area contributed by atoms with Gasteiger partial charge in [-0.1, -0.05) is 140 Å². The van der Waals surface area contributed by atoms with Crippen molar-refractivity contribution in [3.63, 3.8) is 0 Å². The van der Waals surface area contributed by atoms with E-state index >= 15 is 0 Å². The first-order valence-corrected chi connectivity index (χ1v) is 18.2. The number of benzene rings is 8. The fraction of sp³-hybridized carbons (Fsp3) is 0.0204. The topological polar surface area (TPSA) is 63.0 Å². The molecule has 1 aliphatic rings. The van der Waals surface area contributed by atoms with Crippen LogP contribution in [-0.4, -0.2) is 11.7 Å². The van der Waals surface area contributed by atoms with Crippen LogP contribution in [-0.2, 0) is 0 Å². The molecule has 0 radical (unpaired) electrons. The van der Waals surface area contributed by atoms with Gasteiger partial charge in [-0.05, 0) is 69.4 Å². The van der Waals surface area contributed by atoms with Crippen LogP contribution < -0.4 is 5.32 Å². The molecule has 0 bridgehead atoms. The highest BCUT2D eigenvalue weighted by Gasteiger charge is 2.28. The van der Waals surface area contributed by atoms with E-state index in [4.69, 9.17) is 18.8 Å². The molecule has 54 heavy (non-hydrogen) atoms. The van der Waals surface area contributed by atoms with Gasteiger partial charge in [0.15, 0.2) is 5.84 Å². The molecule has 0 spiro atoms. The summed E-state index contributed by atoms with van der Waals surface area (Å²) in [5, 5.41) is 10.2. The average Bonchev–Trinajstić information content (AvgIpc) is 3.81. The lowest BCUT2D eigenvalue weighted by Crippen LogP contribution is -2.33. The zero-order valence-electron chi connectivity index (χ0n) is 29.0. The molecule has 0 amide bonds. The van der Waals surface area contributed by atoms with Gasteiger partial charge in [-0.2, -0.15) is 0 Å². The Bertz CT molecular complexity index is 3140. The van der Waals surface area contributed by atoms with Crippen molar-refractivity contribution in [2.24, 2.45) is 9.98 Å². The number of nitrogens with one attached hydrogen (secondary N) is 1. The van der Waals surface area contributed by atoms with Crippen molar-refractivity contribution in [1.29, 1.82) is 0 Å². The van der Waals surface area contributed by atoms with Gasteiger partial charge >= 0.3 is 0 Å². The van der Waals surface area contributed by atoms with Crippen molar-refractivity contribution in [3.05, 3.63) is 193 Å². The molecule has 0 saturated carbocycles. The molecule has 0 saturated heterocycles. The van der Waals surface area contributed by atoms with Gasteiger partial charge in [0.25, 0.3) is 0 Å². The van der Waals surface area contributed by atoms with Crippen molar-refractivity contribution < 1.29 is 8.83 Å². The summed E-state index contributed by atoms with van der Waals surface area (Å²) in [6.07, 6.45) is -0.453. The molecular weight excluding hydrogens is 663 g/mol. The average molecular weight is 694 g/mol. The summed E-state index contributed by atoms with van der Waals surface area (Å²) in [5.41, 5.74) is 10.7. The molecule has 3 heterocycles. The standard InChI is InChI=1S/C49H31N3O2/c1-3-13-30(14-4-1)33-25-26-39(36-18-8-7-17-35(33)36)48-50-47(32-23-24-38-37-19-9-11-21-41(37)54-44(38)29-32)51-49(52-48)46-34(31-15-5-2-6-16-31)27-28-43-45(46)40-20-10-12-22-42(40)53-43/h1-29,48H,(H,50,51,52). The van der Waals surface area contributed by atoms with E-state index in [0.717, 1.165) is 77.1 Å². The molecule has 1 atom stereocenters. The zero-order valence-corrected chi connectivity index (χ0v) is 29.0. The number of rotatable bonds is 5. The second-order valence-corrected chi connectivity index (χ2v) is 13.7. The number of hydrogen-bond acceptors (Lipinski definition) is 5. The highest BCUT2D eigenvalue weighted by Crippen LogP contribution is 2.40. The number of hydrogen-bond donors (Lipinski definition) is 1. The van der Waals surface area contributed by atoms with E-state index in [2.05, 4.69) is 145 Å². The van der Waals surface area contributed by atoms with Gasteiger partial charge in [0.2, 0.25) is 0 Å². The fourth-order valence-electron chi connectivity index (χ4n) is 8.08. The van der Waals surface area contributed by atoms with Gasteiger partial charge in [0.1, 0.15) is 34.3 Å². The van der Waals surface area contributed by atoms with Crippen LogP contribution in [0.2, 0.25) is 0 Å². The molecule has 5 heteroatoms. The van der Waals surface area contributed by atoms with Crippen molar-refractivity contribution >= 4 is 66.3 Å². The molecule has 254 valence electrons. The van der Waals surface area contributed by atoms with Crippen LogP contribution >= 0.6 is 0 Å². The molecule has 0 aliphatic carbocycles. The van der Waals surface area contributed by atoms with Crippen LogP contribution in [0.5, 0.6) is 0 Å². The minimum Gasteiger partial charge on any atom is -0.456 e. The summed E-state index contributed by atoms with van der Waals surface area (Å²) in [6.45, 7) is 0. The summed E-state index contributed by atoms with van der Waals surface area (Å²) >= 11 is 0. The number of amidine groups is 2. The first-order valence-electron chi connectivity index (χ1n) is 18.2. The predicted octanol–water partition coefficient (Wildman–Crippen LogP) is 12.5. The molecule has 11 rings (SSSR count). The Kier molecular flexibility index (Phi) is 6.85. The van der Waals surface area contributed by atoms with Gasteiger partial charge < -0.3 is 14.2 Å². The van der Waals surface area contributed by atoms with E-state index in [0.29, 0.717) is 11.7 Å². The maximum Gasteiger partial charge on any atom is 0.160 e. The summed E-state index contributed by atoms with van der Waals surface area (Å²) in [4.78, 5) is 10.9. The Morgan fingerprint density at radius 3 is 1.80 bits per heavy atom. The van der Waals surface area contributed by atoms with Gasteiger partial charge in [-0.15, -0.1) is 0 Å². The number of furan rings is 2. The van der Waals surface area contributed by atoms with E-state index in [-0.39, 0.29) is 0 Å². The molecule has 0 fully saturated rings. The summed E-state index contributed by atoms with van der Waals surface area (Å²) in [7, 11) is 0. The maximum atomic E-state index is 6.46. The molecule has 1 aliphatic heterocycles. The monoisotopic (exact) mass is 693 g/mol. The zero-order chi connectivity index (χ0) is 35.6. The fourth-order valence-corrected chi connectivity index (χ4v) is 8.08. The Balaban J connectivity index is 1.18. The molecule has 1 N–H and O–H groups in total. The van der Waals surface area contributed by atoms with E-state index in [1.165, 1.54) is 16.5 Å². The van der Waals surface area contributed by atoms with Gasteiger partial charge in [0.05, 0.1) is 0 Å². The third-order valence-electron chi connectivity index (χ3n) is 10.6. The molecule has 5 nitrogen and oxygen atoms in total. The van der Waals surface area contributed by atoms with Crippen LogP contribution in [0, 0.1) is 0 Å². The lowest BCUT2D eigenvalue weighted by molar-refractivity contribution is 0.667. The van der Waals surface area contributed by atoms with E-state index in [1.807, 2.05) is 36.4 Å². The number of para-hydroxylation sites is 2. The largest absolute Gasteiger partial charge is 0.456 e. The second kappa shape index (κ2) is 12.2. The molecule has 1 unspecified atom stereocenters. The first-order chi connectivity index (χ1) is 26.8. The van der Waals surface area contributed by atoms with Gasteiger partial charge in [0, 0.05) is 38.2 Å². The van der Waals surface area contributed by atoms with Gasteiger partial charge in [-0.25, -0.2) is 9.98 Å². The Morgan fingerprint density at radius 2 is 1.02 bits per heavy atom. The van der Waals surface area contributed by atoms with Crippen LogP contribution in [0.15, 0.2) is 195 Å². The molecule has 10 aromatic rings. The minimum absolute atomic E-state index is 0.453. The lowest BCUT2D eigenvalue weighted by atomic mass is 9.92. The summed E-state index contributed by atoms with van der Waals surface area (Å²) < 4.78 is 12.8. The van der Waals surface area contributed by atoms with E-state index in [9.17, 15) is 0 Å².